The molecule has 10 nitrogen and oxygen atoms in total. The molecule has 1 heterocycles. The first-order chi connectivity index (χ1) is 14.3. The van der Waals surface area contributed by atoms with E-state index in [-0.39, 0.29) is 22.8 Å². The number of halogens is 1. The number of carbonyl (C=O) groups excluding carboxylic acids is 1. The van der Waals surface area contributed by atoms with Crippen LogP contribution in [0.25, 0.3) is 11.4 Å². The summed E-state index contributed by atoms with van der Waals surface area (Å²) in [4.78, 5) is 22.2. The van der Waals surface area contributed by atoms with Gasteiger partial charge in [0, 0.05) is 35.3 Å². The SMILES string of the molecule is Cn1c(SCC(=O)N/N=C\c2cc([N+](=O)[O-])ccc2O)nnc1-c1cccc(Cl)c1. The fourth-order valence-corrected chi connectivity index (χ4v) is 3.31. The molecule has 0 spiro atoms. The molecule has 154 valence electrons. The molecule has 0 bridgehead atoms. The van der Waals surface area contributed by atoms with Crippen LogP contribution in [0.4, 0.5) is 5.69 Å². The van der Waals surface area contributed by atoms with E-state index in [1.807, 2.05) is 12.1 Å². The van der Waals surface area contributed by atoms with E-state index in [1.165, 1.54) is 12.1 Å². The van der Waals surface area contributed by atoms with Crippen LogP contribution in [0.1, 0.15) is 5.56 Å². The predicted molar refractivity (Wildman–Crippen MR) is 113 cm³/mol. The highest BCUT2D eigenvalue weighted by atomic mass is 35.5. The molecule has 0 aliphatic rings. The van der Waals surface area contributed by atoms with E-state index < -0.39 is 10.8 Å². The Morgan fingerprint density at radius 3 is 2.90 bits per heavy atom. The largest absolute Gasteiger partial charge is 0.507 e. The average molecular weight is 447 g/mol. The molecule has 0 aliphatic heterocycles. The highest BCUT2D eigenvalue weighted by Crippen LogP contribution is 2.24. The van der Waals surface area contributed by atoms with Crippen LogP contribution in [0.5, 0.6) is 5.75 Å². The van der Waals surface area contributed by atoms with E-state index in [0.717, 1.165) is 29.6 Å². The third kappa shape index (κ3) is 5.13. The highest BCUT2D eigenvalue weighted by Gasteiger charge is 2.13. The van der Waals surface area contributed by atoms with E-state index in [0.29, 0.717) is 16.0 Å². The number of carbonyl (C=O) groups is 1. The second-order valence-electron chi connectivity index (χ2n) is 5.96. The maximum absolute atomic E-state index is 12.0. The second-order valence-corrected chi connectivity index (χ2v) is 7.34. The molecule has 3 aromatic rings. The third-order valence-corrected chi connectivity index (χ3v) is 5.12. The summed E-state index contributed by atoms with van der Waals surface area (Å²) >= 11 is 7.17. The Bertz CT molecular complexity index is 1130. The molecule has 2 aromatic carbocycles. The van der Waals surface area contributed by atoms with Crippen molar-refractivity contribution < 1.29 is 14.8 Å². The van der Waals surface area contributed by atoms with Gasteiger partial charge in [-0.15, -0.1) is 10.2 Å². The van der Waals surface area contributed by atoms with Crippen LogP contribution in [0.15, 0.2) is 52.7 Å². The lowest BCUT2D eigenvalue weighted by molar-refractivity contribution is -0.384. The molecule has 0 fully saturated rings. The number of benzene rings is 2. The van der Waals surface area contributed by atoms with Gasteiger partial charge in [-0.3, -0.25) is 14.9 Å². The van der Waals surface area contributed by atoms with Crippen LogP contribution in [0.3, 0.4) is 0 Å². The summed E-state index contributed by atoms with van der Waals surface area (Å²) in [5.41, 5.74) is 3.01. The molecule has 1 amide bonds. The number of hydrogen-bond donors (Lipinski definition) is 2. The molecule has 3 rings (SSSR count). The van der Waals surface area contributed by atoms with Gasteiger partial charge in [0.05, 0.1) is 16.9 Å². The van der Waals surface area contributed by atoms with Crippen molar-refractivity contribution in [1.82, 2.24) is 20.2 Å². The first kappa shape index (κ1) is 21.3. The van der Waals surface area contributed by atoms with Gasteiger partial charge in [-0.1, -0.05) is 35.5 Å². The number of rotatable bonds is 7. The van der Waals surface area contributed by atoms with Gasteiger partial charge in [-0.2, -0.15) is 5.10 Å². The fraction of sp³-hybridized carbons (Fsp3) is 0.111. The van der Waals surface area contributed by atoms with Gasteiger partial charge < -0.3 is 9.67 Å². The molecular weight excluding hydrogens is 432 g/mol. The minimum absolute atomic E-state index is 0.0137. The maximum Gasteiger partial charge on any atom is 0.270 e. The number of phenols is 1. The molecule has 30 heavy (non-hydrogen) atoms. The number of aromatic hydroxyl groups is 1. The lowest BCUT2D eigenvalue weighted by Crippen LogP contribution is -2.19. The maximum atomic E-state index is 12.0. The Hall–Kier alpha value is -3.44. The molecule has 12 heteroatoms. The Labute approximate surface area is 179 Å². The average Bonchev–Trinajstić information content (AvgIpc) is 3.08. The van der Waals surface area contributed by atoms with Gasteiger partial charge in [-0.05, 0) is 18.2 Å². The predicted octanol–water partition coefficient (Wildman–Crippen LogP) is 2.99. The Morgan fingerprint density at radius 1 is 1.37 bits per heavy atom. The Kier molecular flexibility index (Phi) is 6.65. The van der Waals surface area contributed by atoms with Crippen LogP contribution in [0, 0.1) is 10.1 Å². The Morgan fingerprint density at radius 2 is 2.17 bits per heavy atom. The van der Waals surface area contributed by atoms with Crippen LogP contribution in [0.2, 0.25) is 5.02 Å². The fourth-order valence-electron chi connectivity index (χ4n) is 2.41. The topological polar surface area (TPSA) is 136 Å². The molecule has 0 aliphatic carbocycles. The van der Waals surface area contributed by atoms with Crippen molar-refractivity contribution in [2.45, 2.75) is 5.16 Å². The zero-order chi connectivity index (χ0) is 21.7. The van der Waals surface area contributed by atoms with E-state index >= 15 is 0 Å². The van der Waals surface area contributed by atoms with Gasteiger partial charge in [-0.25, -0.2) is 5.43 Å². The highest BCUT2D eigenvalue weighted by molar-refractivity contribution is 7.99. The zero-order valence-corrected chi connectivity index (χ0v) is 17.1. The summed E-state index contributed by atoms with van der Waals surface area (Å²) in [6.45, 7) is 0. The van der Waals surface area contributed by atoms with Crippen molar-refractivity contribution in [1.29, 1.82) is 0 Å². The standard InChI is InChI=1S/C18H15ClN6O4S/c1-24-17(11-3-2-4-13(19)7-11)22-23-18(24)30-10-16(27)21-20-9-12-8-14(25(28)29)5-6-15(12)26/h2-9,26H,10H2,1H3,(H,21,27)/b20-9-. The van der Waals surface area contributed by atoms with E-state index in [9.17, 15) is 20.0 Å². The molecule has 0 radical (unpaired) electrons. The van der Waals surface area contributed by atoms with Crippen molar-refractivity contribution in [3.63, 3.8) is 0 Å². The molecular formula is C18H15ClN6O4S. The normalized spacial score (nSPS) is 11.0. The van der Waals surface area contributed by atoms with Crippen LogP contribution >= 0.6 is 23.4 Å². The monoisotopic (exact) mass is 446 g/mol. The molecule has 1 aromatic heterocycles. The van der Waals surface area contributed by atoms with E-state index in [2.05, 4.69) is 20.7 Å². The van der Waals surface area contributed by atoms with Crippen LogP contribution in [-0.2, 0) is 11.8 Å². The third-order valence-electron chi connectivity index (χ3n) is 3.86. The number of thioether (sulfide) groups is 1. The molecule has 0 atom stereocenters. The van der Waals surface area contributed by atoms with Crippen molar-refractivity contribution in [2.24, 2.45) is 12.1 Å². The molecule has 0 saturated carbocycles. The minimum atomic E-state index is -0.593. The summed E-state index contributed by atoms with van der Waals surface area (Å²) in [7, 11) is 1.78. The number of phenolic OH excluding ortho intramolecular Hbond substituents is 1. The molecule has 2 N–H and O–H groups in total. The number of non-ortho nitro benzene ring substituents is 1. The van der Waals surface area contributed by atoms with Crippen molar-refractivity contribution >= 4 is 41.2 Å². The van der Waals surface area contributed by atoms with Gasteiger partial charge in [0.25, 0.3) is 11.6 Å². The number of nitrogens with zero attached hydrogens (tertiary/aromatic N) is 5. The van der Waals surface area contributed by atoms with Crippen LogP contribution in [-0.4, -0.2) is 42.7 Å². The number of hydrazone groups is 1. The summed E-state index contributed by atoms with van der Waals surface area (Å²) in [6.07, 6.45) is 1.13. The lowest BCUT2D eigenvalue weighted by atomic mass is 10.2. The second kappa shape index (κ2) is 9.37. The van der Waals surface area contributed by atoms with Gasteiger partial charge in [0.1, 0.15) is 5.75 Å². The van der Waals surface area contributed by atoms with Crippen molar-refractivity contribution in [3.8, 4) is 17.1 Å². The van der Waals surface area contributed by atoms with Crippen molar-refractivity contribution in [3.05, 3.63) is 63.2 Å². The number of nitrogens with one attached hydrogen (secondary N) is 1. The summed E-state index contributed by atoms with van der Waals surface area (Å²) in [6, 6.07) is 10.7. The first-order valence-corrected chi connectivity index (χ1v) is 9.79. The number of nitro benzene ring substituents is 1. The van der Waals surface area contributed by atoms with Gasteiger partial charge >= 0.3 is 0 Å². The van der Waals surface area contributed by atoms with Crippen molar-refractivity contribution in [2.75, 3.05) is 5.75 Å². The van der Waals surface area contributed by atoms with Gasteiger partial charge in [0.2, 0.25) is 0 Å². The number of nitro groups is 1. The van der Waals surface area contributed by atoms with Gasteiger partial charge in [0.15, 0.2) is 11.0 Å². The zero-order valence-electron chi connectivity index (χ0n) is 15.5. The quantitative estimate of drug-likeness (QED) is 0.246. The number of aromatic nitrogens is 3. The van der Waals surface area contributed by atoms with E-state index in [1.54, 1.807) is 23.7 Å². The Balaban J connectivity index is 1.59. The summed E-state index contributed by atoms with van der Waals surface area (Å²) < 4.78 is 1.74. The first-order valence-electron chi connectivity index (χ1n) is 8.42. The number of hydrogen-bond acceptors (Lipinski definition) is 8. The molecule has 0 saturated heterocycles. The van der Waals surface area contributed by atoms with Crippen LogP contribution < -0.4 is 5.43 Å². The summed E-state index contributed by atoms with van der Waals surface area (Å²) in [5.74, 6) is 0.00780. The molecule has 0 unspecified atom stereocenters. The number of amides is 1. The minimum Gasteiger partial charge on any atom is -0.507 e. The lowest BCUT2D eigenvalue weighted by Gasteiger charge is -2.04. The van der Waals surface area contributed by atoms with E-state index in [4.69, 9.17) is 11.6 Å². The smallest absolute Gasteiger partial charge is 0.270 e. The summed E-state index contributed by atoms with van der Waals surface area (Å²) in [5, 5.41) is 33.5.